The molecule has 1 aromatic carbocycles. The summed E-state index contributed by atoms with van der Waals surface area (Å²) in [6.45, 7) is 5.70. The fourth-order valence-corrected chi connectivity index (χ4v) is 4.35. The zero-order chi connectivity index (χ0) is 21.4. The zero-order valence-corrected chi connectivity index (χ0v) is 17.6. The number of ether oxygens (including phenoxy) is 1. The van der Waals surface area contributed by atoms with Gasteiger partial charge in [-0.15, -0.1) is 0 Å². The van der Waals surface area contributed by atoms with Crippen molar-refractivity contribution < 1.29 is 14.6 Å². The van der Waals surface area contributed by atoms with Gasteiger partial charge in [-0.2, -0.15) is 10.1 Å². The second-order valence-electron chi connectivity index (χ2n) is 8.06. The molecule has 3 aromatic rings. The van der Waals surface area contributed by atoms with Gasteiger partial charge in [-0.25, -0.2) is 9.67 Å². The van der Waals surface area contributed by atoms with Crippen LogP contribution in [0.1, 0.15) is 24.9 Å². The molecule has 0 bridgehead atoms. The molecule has 1 unspecified atom stereocenters. The van der Waals surface area contributed by atoms with Gasteiger partial charge in [-0.05, 0) is 18.1 Å². The number of hydrogen-bond donors (Lipinski definition) is 1. The zero-order valence-electron chi connectivity index (χ0n) is 17.6. The molecule has 0 radical (unpaired) electrons. The van der Waals surface area contributed by atoms with Crippen LogP contribution in [0, 0.1) is 0 Å². The van der Waals surface area contributed by atoms with Crippen LogP contribution in [0.3, 0.4) is 0 Å². The second kappa shape index (κ2) is 8.24. The van der Waals surface area contributed by atoms with Crippen molar-refractivity contribution in [2.75, 3.05) is 44.3 Å². The molecule has 2 aromatic heterocycles. The second-order valence-corrected chi connectivity index (χ2v) is 8.06. The monoisotopic (exact) mass is 422 g/mol. The number of aromatic nitrogens is 4. The summed E-state index contributed by atoms with van der Waals surface area (Å²) in [4.78, 5) is 25.6. The van der Waals surface area contributed by atoms with E-state index in [1.165, 1.54) is 0 Å². The summed E-state index contributed by atoms with van der Waals surface area (Å²) in [5.41, 5.74) is 3.33. The van der Waals surface area contributed by atoms with Crippen LogP contribution in [0.15, 0.2) is 30.5 Å². The van der Waals surface area contributed by atoms with Crippen molar-refractivity contribution in [1.82, 2.24) is 24.6 Å². The molecule has 162 valence electrons. The maximum absolute atomic E-state index is 11.8. The summed E-state index contributed by atoms with van der Waals surface area (Å²) in [5.74, 6) is 0.743. The smallest absolute Gasteiger partial charge is 0.228 e. The summed E-state index contributed by atoms with van der Waals surface area (Å²) < 4.78 is 7.45. The third-order valence-corrected chi connectivity index (χ3v) is 6.07. The number of likely N-dealkylation sites (tertiary alicyclic amines) is 1. The normalized spacial score (nSPS) is 19.4. The molecule has 4 heterocycles. The summed E-state index contributed by atoms with van der Waals surface area (Å²) in [6.07, 6.45) is 2.67. The number of aliphatic hydroxyl groups excluding tert-OH is 1. The minimum Gasteiger partial charge on any atom is -0.392 e. The van der Waals surface area contributed by atoms with E-state index < -0.39 is 0 Å². The molecule has 1 amide bonds. The van der Waals surface area contributed by atoms with Gasteiger partial charge in [0.25, 0.3) is 0 Å². The molecule has 5 rings (SSSR count). The van der Waals surface area contributed by atoms with Gasteiger partial charge in [0, 0.05) is 38.7 Å². The molecule has 2 aliphatic rings. The van der Waals surface area contributed by atoms with Gasteiger partial charge in [-0.1, -0.05) is 18.2 Å². The van der Waals surface area contributed by atoms with Gasteiger partial charge in [0.15, 0.2) is 5.65 Å². The molecule has 0 aliphatic carbocycles. The highest BCUT2D eigenvalue weighted by Gasteiger charge is 2.29. The topological polar surface area (TPSA) is 96.6 Å². The van der Waals surface area contributed by atoms with E-state index in [1.54, 1.807) is 6.92 Å². The molecular weight excluding hydrogens is 396 g/mol. The summed E-state index contributed by atoms with van der Waals surface area (Å²) in [5, 5.41) is 15.1. The number of carbonyl (C=O) groups excluding carboxylic acids is 1. The minimum atomic E-state index is -0.0272. The van der Waals surface area contributed by atoms with Crippen LogP contribution in [0.2, 0.25) is 0 Å². The number of rotatable bonds is 4. The van der Waals surface area contributed by atoms with E-state index in [1.807, 2.05) is 40.0 Å². The highest BCUT2D eigenvalue weighted by atomic mass is 16.5. The lowest BCUT2D eigenvalue weighted by molar-refractivity contribution is -0.127. The number of amides is 1. The predicted octanol–water partition coefficient (Wildman–Crippen LogP) is 1.62. The molecule has 2 fully saturated rings. The van der Waals surface area contributed by atoms with E-state index in [-0.39, 0.29) is 18.6 Å². The summed E-state index contributed by atoms with van der Waals surface area (Å²) >= 11 is 0. The molecule has 0 saturated carbocycles. The van der Waals surface area contributed by atoms with Crippen LogP contribution in [0.5, 0.6) is 0 Å². The number of nitrogens with zero attached hydrogens (tertiary/aromatic N) is 6. The number of benzene rings is 1. The molecule has 1 N–H and O–H groups in total. The Labute approximate surface area is 180 Å². The lowest BCUT2D eigenvalue weighted by Gasteiger charge is -2.27. The Kier molecular flexibility index (Phi) is 5.29. The molecule has 1 atom stereocenters. The molecule has 2 aliphatic heterocycles. The van der Waals surface area contributed by atoms with Crippen molar-refractivity contribution in [2.24, 2.45) is 0 Å². The van der Waals surface area contributed by atoms with Gasteiger partial charge in [0.2, 0.25) is 11.9 Å². The van der Waals surface area contributed by atoms with E-state index in [4.69, 9.17) is 14.7 Å². The van der Waals surface area contributed by atoms with E-state index >= 15 is 0 Å². The van der Waals surface area contributed by atoms with Crippen LogP contribution < -0.4 is 4.90 Å². The summed E-state index contributed by atoms with van der Waals surface area (Å²) in [7, 11) is 0. The Bertz CT molecular complexity index is 1110. The molecule has 9 nitrogen and oxygen atoms in total. The van der Waals surface area contributed by atoms with E-state index in [0.717, 1.165) is 53.9 Å². The Morgan fingerprint density at radius 1 is 1.23 bits per heavy atom. The van der Waals surface area contributed by atoms with Crippen LogP contribution in [-0.4, -0.2) is 75.1 Å². The van der Waals surface area contributed by atoms with Crippen LogP contribution >= 0.6 is 0 Å². The van der Waals surface area contributed by atoms with E-state index in [0.29, 0.717) is 25.7 Å². The Morgan fingerprint density at radius 2 is 2.06 bits per heavy atom. The van der Waals surface area contributed by atoms with Crippen molar-refractivity contribution in [1.29, 1.82) is 0 Å². The average Bonchev–Trinajstić information content (AvgIpc) is 3.46. The van der Waals surface area contributed by atoms with E-state index in [2.05, 4.69) is 10.00 Å². The van der Waals surface area contributed by atoms with Crippen LogP contribution in [-0.2, 0) is 16.1 Å². The highest BCUT2D eigenvalue weighted by molar-refractivity contribution is 5.91. The largest absolute Gasteiger partial charge is 0.392 e. The van der Waals surface area contributed by atoms with Crippen molar-refractivity contribution in [2.45, 2.75) is 26.0 Å². The maximum atomic E-state index is 11.8. The van der Waals surface area contributed by atoms with Gasteiger partial charge in [0.05, 0.1) is 43.1 Å². The first kappa shape index (κ1) is 19.9. The number of fused-ring (bicyclic) bond motifs is 1. The molecule has 31 heavy (non-hydrogen) atoms. The van der Waals surface area contributed by atoms with Crippen LogP contribution in [0.4, 0.5) is 5.95 Å². The van der Waals surface area contributed by atoms with Gasteiger partial charge < -0.3 is 19.6 Å². The van der Waals surface area contributed by atoms with Crippen molar-refractivity contribution in [3.8, 4) is 11.3 Å². The third-order valence-electron chi connectivity index (χ3n) is 6.07. The van der Waals surface area contributed by atoms with Crippen LogP contribution in [0.25, 0.3) is 22.3 Å². The molecular formula is C22H26N6O3. The third kappa shape index (κ3) is 3.75. The lowest BCUT2D eigenvalue weighted by atomic mass is 10.1. The highest BCUT2D eigenvalue weighted by Crippen LogP contribution is 2.32. The Balaban J connectivity index is 1.63. The average molecular weight is 422 g/mol. The SMILES string of the molecule is CC(=O)N1CCC(n2ncc3c(-c4cccc(CO)c4)nc(N4CCOCC4)nc32)C1. The quantitative estimate of drug-likeness (QED) is 0.682. The number of anilines is 1. The first-order chi connectivity index (χ1) is 15.1. The minimum absolute atomic E-state index is 0.0272. The standard InChI is InChI=1S/C22H26N6O3/c1-15(30)27-6-5-18(13-27)28-21-19(12-23-28)20(17-4-2-3-16(11-17)14-29)24-22(25-21)26-7-9-31-10-8-26/h2-4,11-12,18,29H,5-10,13-14H2,1H3. The summed E-state index contributed by atoms with van der Waals surface area (Å²) in [6, 6.07) is 7.85. The molecule has 2 saturated heterocycles. The number of hydrogen-bond acceptors (Lipinski definition) is 7. The first-order valence-electron chi connectivity index (χ1n) is 10.7. The lowest BCUT2D eigenvalue weighted by Crippen LogP contribution is -2.37. The molecule has 9 heteroatoms. The molecule has 0 spiro atoms. The van der Waals surface area contributed by atoms with Crippen molar-refractivity contribution in [3.63, 3.8) is 0 Å². The first-order valence-corrected chi connectivity index (χ1v) is 10.7. The Morgan fingerprint density at radius 3 is 2.81 bits per heavy atom. The maximum Gasteiger partial charge on any atom is 0.228 e. The number of morpholine rings is 1. The van der Waals surface area contributed by atoms with Gasteiger partial charge >= 0.3 is 0 Å². The van der Waals surface area contributed by atoms with Crippen molar-refractivity contribution >= 4 is 22.9 Å². The fourth-order valence-electron chi connectivity index (χ4n) is 4.35. The van der Waals surface area contributed by atoms with Gasteiger partial charge in [-0.3, -0.25) is 4.79 Å². The predicted molar refractivity (Wildman–Crippen MR) is 116 cm³/mol. The number of carbonyl (C=O) groups is 1. The number of aliphatic hydroxyl groups is 1. The fraction of sp³-hybridized carbons (Fsp3) is 0.455. The van der Waals surface area contributed by atoms with E-state index in [9.17, 15) is 9.90 Å². The Hall–Kier alpha value is -3.04. The van der Waals surface area contributed by atoms with Crippen molar-refractivity contribution in [3.05, 3.63) is 36.0 Å². The van der Waals surface area contributed by atoms with Gasteiger partial charge in [0.1, 0.15) is 0 Å².